The predicted molar refractivity (Wildman–Crippen MR) is 69.5 cm³/mol. The largest absolute Gasteiger partial charge is 0.341 e. The normalized spacial score (nSPS) is 28.7. The summed E-state index contributed by atoms with van der Waals surface area (Å²) in [5, 5.41) is 0. The first-order valence-corrected chi connectivity index (χ1v) is 7.24. The van der Waals surface area contributed by atoms with Gasteiger partial charge in [-0.2, -0.15) is 0 Å². The molecule has 0 radical (unpaired) electrons. The lowest BCUT2D eigenvalue weighted by atomic mass is 9.84. The minimum atomic E-state index is 0.204. The molecule has 1 saturated carbocycles. The molecule has 98 valence electrons. The first-order chi connectivity index (χ1) is 8.20. The van der Waals surface area contributed by atoms with Crippen LogP contribution in [0.25, 0.3) is 0 Å². The van der Waals surface area contributed by atoms with Crippen molar-refractivity contribution in [2.75, 3.05) is 13.1 Å². The molecule has 3 heteroatoms. The van der Waals surface area contributed by atoms with Gasteiger partial charge in [-0.1, -0.05) is 32.6 Å². The van der Waals surface area contributed by atoms with Gasteiger partial charge in [-0.25, -0.2) is 0 Å². The van der Waals surface area contributed by atoms with Crippen molar-refractivity contribution >= 4 is 5.91 Å². The number of hydrogen-bond donors (Lipinski definition) is 1. The monoisotopic (exact) mass is 238 g/mol. The van der Waals surface area contributed by atoms with Gasteiger partial charge < -0.3 is 10.6 Å². The zero-order valence-corrected chi connectivity index (χ0v) is 11.0. The second-order valence-electron chi connectivity index (χ2n) is 5.84. The summed E-state index contributed by atoms with van der Waals surface area (Å²) >= 11 is 0. The fourth-order valence-corrected chi connectivity index (χ4v) is 3.27. The molecule has 2 atom stereocenters. The van der Waals surface area contributed by atoms with Crippen LogP contribution in [0.4, 0.5) is 0 Å². The maximum Gasteiger partial charge on any atom is 0.222 e. The first-order valence-electron chi connectivity index (χ1n) is 7.24. The molecule has 0 bridgehead atoms. The van der Waals surface area contributed by atoms with Crippen molar-refractivity contribution < 1.29 is 4.79 Å². The van der Waals surface area contributed by atoms with Crippen LogP contribution in [-0.2, 0) is 4.79 Å². The molecule has 0 aromatic heterocycles. The highest BCUT2D eigenvalue weighted by Gasteiger charge is 2.31. The van der Waals surface area contributed by atoms with E-state index in [0.29, 0.717) is 17.7 Å². The van der Waals surface area contributed by atoms with Crippen LogP contribution in [0.5, 0.6) is 0 Å². The third-order valence-corrected chi connectivity index (χ3v) is 4.56. The summed E-state index contributed by atoms with van der Waals surface area (Å²) in [4.78, 5) is 13.8. The van der Waals surface area contributed by atoms with Crippen LogP contribution in [0, 0.1) is 11.8 Å². The lowest BCUT2D eigenvalue weighted by Crippen LogP contribution is -2.43. The van der Waals surface area contributed by atoms with E-state index in [9.17, 15) is 4.79 Å². The van der Waals surface area contributed by atoms with Crippen molar-refractivity contribution in [1.82, 2.24) is 4.90 Å². The summed E-state index contributed by atoms with van der Waals surface area (Å²) in [6.07, 6.45) is 8.40. The van der Waals surface area contributed by atoms with Gasteiger partial charge in [-0.05, 0) is 24.7 Å². The molecule has 0 spiro atoms. The van der Waals surface area contributed by atoms with E-state index >= 15 is 0 Å². The quantitative estimate of drug-likeness (QED) is 0.815. The molecular weight excluding hydrogens is 212 g/mol. The lowest BCUT2D eigenvalue weighted by Gasteiger charge is -2.30. The zero-order valence-electron chi connectivity index (χ0n) is 11.0. The molecule has 2 unspecified atom stereocenters. The minimum Gasteiger partial charge on any atom is -0.341 e. The average molecular weight is 238 g/mol. The van der Waals surface area contributed by atoms with Gasteiger partial charge in [0.15, 0.2) is 0 Å². The van der Waals surface area contributed by atoms with Gasteiger partial charge in [0.05, 0.1) is 0 Å². The van der Waals surface area contributed by atoms with E-state index in [1.165, 1.54) is 32.1 Å². The van der Waals surface area contributed by atoms with Gasteiger partial charge in [0.1, 0.15) is 0 Å². The van der Waals surface area contributed by atoms with Crippen LogP contribution < -0.4 is 5.73 Å². The Bertz CT molecular complexity index is 261. The Morgan fingerprint density at radius 2 is 2.06 bits per heavy atom. The maximum absolute atomic E-state index is 11.8. The van der Waals surface area contributed by atoms with Crippen LogP contribution in [-0.4, -0.2) is 29.9 Å². The molecule has 3 nitrogen and oxygen atoms in total. The Hall–Kier alpha value is -0.570. The maximum atomic E-state index is 11.8. The minimum absolute atomic E-state index is 0.204. The highest BCUT2D eigenvalue weighted by atomic mass is 16.2. The van der Waals surface area contributed by atoms with Crippen molar-refractivity contribution in [2.45, 2.75) is 57.9 Å². The molecule has 2 rings (SSSR count). The highest BCUT2D eigenvalue weighted by Crippen LogP contribution is 2.27. The van der Waals surface area contributed by atoms with Gasteiger partial charge in [0, 0.05) is 25.6 Å². The van der Waals surface area contributed by atoms with Crippen molar-refractivity contribution in [3.63, 3.8) is 0 Å². The Morgan fingerprint density at radius 3 is 2.65 bits per heavy atom. The Labute approximate surface area is 105 Å². The van der Waals surface area contributed by atoms with Crippen molar-refractivity contribution in [3.05, 3.63) is 0 Å². The van der Waals surface area contributed by atoms with Gasteiger partial charge in [-0.15, -0.1) is 0 Å². The summed E-state index contributed by atoms with van der Waals surface area (Å²) in [6, 6.07) is 0.204. The molecular formula is C14H26N2O. The molecule has 0 aromatic carbocycles. The van der Waals surface area contributed by atoms with E-state index in [0.717, 1.165) is 25.9 Å². The van der Waals surface area contributed by atoms with Crippen molar-refractivity contribution in [3.8, 4) is 0 Å². The molecule has 2 aliphatic rings. The van der Waals surface area contributed by atoms with E-state index in [1.807, 2.05) is 4.90 Å². The third-order valence-electron chi connectivity index (χ3n) is 4.56. The summed E-state index contributed by atoms with van der Waals surface area (Å²) in [6.45, 7) is 3.90. The Morgan fingerprint density at radius 1 is 1.35 bits per heavy atom. The van der Waals surface area contributed by atoms with Crippen LogP contribution in [0.1, 0.15) is 51.9 Å². The number of likely N-dealkylation sites (tertiary alicyclic amines) is 1. The number of nitrogens with two attached hydrogens (primary N) is 1. The summed E-state index contributed by atoms with van der Waals surface area (Å²) < 4.78 is 0. The van der Waals surface area contributed by atoms with Crippen LogP contribution in [0.15, 0.2) is 0 Å². The Kier molecular flexibility index (Phi) is 4.43. The number of nitrogens with zero attached hydrogens (tertiary/aromatic N) is 1. The summed E-state index contributed by atoms with van der Waals surface area (Å²) in [5.74, 6) is 1.54. The highest BCUT2D eigenvalue weighted by molar-refractivity contribution is 5.78. The standard InChI is InChI=1S/C14H26N2O/c1-2-11-8-14(17)16(9-11)10-13(15)12-6-4-3-5-7-12/h11-13H,2-10,15H2,1H3. The topological polar surface area (TPSA) is 46.3 Å². The number of hydrogen-bond acceptors (Lipinski definition) is 2. The second kappa shape index (κ2) is 5.85. The van der Waals surface area contributed by atoms with Crippen LogP contribution in [0.3, 0.4) is 0 Å². The predicted octanol–water partition coefficient (Wildman–Crippen LogP) is 2.15. The molecule has 17 heavy (non-hydrogen) atoms. The number of carbonyl (C=O) groups excluding carboxylic acids is 1. The molecule has 2 N–H and O–H groups in total. The molecule has 1 saturated heterocycles. The van der Waals surface area contributed by atoms with Gasteiger partial charge >= 0.3 is 0 Å². The zero-order chi connectivity index (χ0) is 12.3. The average Bonchev–Trinajstić information content (AvgIpc) is 2.71. The fourth-order valence-electron chi connectivity index (χ4n) is 3.27. The van der Waals surface area contributed by atoms with Gasteiger partial charge in [0.2, 0.25) is 5.91 Å². The van der Waals surface area contributed by atoms with E-state index in [1.54, 1.807) is 0 Å². The molecule has 2 fully saturated rings. The Balaban J connectivity index is 1.81. The van der Waals surface area contributed by atoms with Crippen molar-refractivity contribution in [1.29, 1.82) is 0 Å². The first kappa shape index (κ1) is 12.9. The summed E-state index contributed by atoms with van der Waals surface area (Å²) in [7, 11) is 0. The second-order valence-corrected chi connectivity index (χ2v) is 5.84. The van der Waals surface area contributed by atoms with Crippen LogP contribution >= 0.6 is 0 Å². The third kappa shape index (κ3) is 3.21. The number of rotatable bonds is 4. The smallest absolute Gasteiger partial charge is 0.222 e. The van der Waals surface area contributed by atoms with Gasteiger partial charge in [0.25, 0.3) is 0 Å². The van der Waals surface area contributed by atoms with E-state index in [2.05, 4.69) is 6.92 Å². The van der Waals surface area contributed by atoms with E-state index in [4.69, 9.17) is 5.73 Å². The van der Waals surface area contributed by atoms with Gasteiger partial charge in [-0.3, -0.25) is 4.79 Å². The molecule has 1 amide bonds. The summed E-state index contributed by atoms with van der Waals surface area (Å²) in [5.41, 5.74) is 6.28. The number of carbonyl (C=O) groups is 1. The molecule has 0 aromatic rings. The van der Waals surface area contributed by atoms with E-state index < -0.39 is 0 Å². The van der Waals surface area contributed by atoms with Crippen molar-refractivity contribution in [2.24, 2.45) is 17.6 Å². The molecule has 1 aliphatic heterocycles. The number of amides is 1. The van der Waals surface area contributed by atoms with Crippen LogP contribution in [0.2, 0.25) is 0 Å². The van der Waals surface area contributed by atoms with E-state index in [-0.39, 0.29) is 6.04 Å². The molecule has 1 heterocycles. The fraction of sp³-hybridized carbons (Fsp3) is 0.929. The SMILES string of the molecule is CCC1CC(=O)N(CC(N)C2CCCCC2)C1. The molecule has 1 aliphatic carbocycles. The lowest BCUT2D eigenvalue weighted by molar-refractivity contribution is -0.128.